The Morgan fingerprint density at radius 3 is 3.00 bits per heavy atom. The zero-order chi connectivity index (χ0) is 13.7. The molecule has 1 aliphatic heterocycles. The quantitative estimate of drug-likeness (QED) is 0.650. The van der Waals surface area contributed by atoms with E-state index in [0.717, 1.165) is 25.9 Å². The van der Waals surface area contributed by atoms with Gasteiger partial charge in [0.2, 0.25) is 0 Å². The van der Waals surface area contributed by atoms with Gasteiger partial charge in [0.25, 0.3) is 5.69 Å². The molecule has 104 valence electrons. The number of nitrogens with zero attached hydrogens (tertiary/aromatic N) is 1. The third kappa shape index (κ3) is 3.65. The lowest BCUT2D eigenvalue weighted by molar-refractivity contribution is -0.385. The van der Waals surface area contributed by atoms with Crippen molar-refractivity contribution >= 4 is 5.69 Å². The molecule has 0 aliphatic carbocycles. The fourth-order valence-corrected chi connectivity index (χ4v) is 2.16. The number of methoxy groups -OCH3 is 1. The van der Waals surface area contributed by atoms with E-state index in [2.05, 4.69) is 5.32 Å². The van der Waals surface area contributed by atoms with Gasteiger partial charge >= 0.3 is 0 Å². The summed E-state index contributed by atoms with van der Waals surface area (Å²) in [6.07, 6.45) is 2.28. The number of nitro benzene ring substituents is 1. The first kappa shape index (κ1) is 13.8. The molecule has 1 aliphatic rings. The number of rotatable bonds is 5. The van der Waals surface area contributed by atoms with E-state index in [9.17, 15) is 10.1 Å². The summed E-state index contributed by atoms with van der Waals surface area (Å²) >= 11 is 0. The van der Waals surface area contributed by atoms with Crippen molar-refractivity contribution in [2.45, 2.75) is 25.6 Å². The number of non-ortho nitro benzene ring substituents is 1. The Morgan fingerprint density at radius 2 is 2.37 bits per heavy atom. The Labute approximate surface area is 111 Å². The van der Waals surface area contributed by atoms with Crippen LogP contribution in [0.3, 0.4) is 0 Å². The van der Waals surface area contributed by atoms with Gasteiger partial charge in [-0.25, -0.2) is 0 Å². The number of nitrogens with one attached hydrogen (secondary N) is 1. The minimum atomic E-state index is -0.412. The first-order valence-corrected chi connectivity index (χ1v) is 6.34. The first-order valence-electron chi connectivity index (χ1n) is 6.34. The van der Waals surface area contributed by atoms with Crippen LogP contribution >= 0.6 is 0 Å². The summed E-state index contributed by atoms with van der Waals surface area (Å²) in [5, 5.41) is 14.0. The van der Waals surface area contributed by atoms with Crippen LogP contribution in [-0.2, 0) is 11.3 Å². The number of benzene rings is 1. The molecule has 1 N–H and O–H groups in total. The molecule has 19 heavy (non-hydrogen) atoms. The van der Waals surface area contributed by atoms with Crippen molar-refractivity contribution in [3.63, 3.8) is 0 Å². The van der Waals surface area contributed by atoms with Gasteiger partial charge in [-0.3, -0.25) is 10.1 Å². The third-order valence-electron chi connectivity index (χ3n) is 3.20. The molecule has 1 saturated heterocycles. The smallest absolute Gasteiger partial charge is 0.270 e. The van der Waals surface area contributed by atoms with Crippen LogP contribution in [0.5, 0.6) is 5.75 Å². The van der Waals surface area contributed by atoms with E-state index in [-0.39, 0.29) is 11.8 Å². The van der Waals surface area contributed by atoms with Crippen molar-refractivity contribution < 1.29 is 14.4 Å². The number of hydrogen-bond acceptors (Lipinski definition) is 5. The van der Waals surface area contributed by atoms with Gasteiger partial charge in [-0.05, 0) is 25.5 Å². The van der Waals surface area contributed by atoms with E-state index in [0.29, 0.717) is 17.9 Å². The van der Waals surface area contributed by atoms with Crippen LogP contribution in [0.25, 0.3) is 0 Å². The van der Waals surface area contributed by atoms with Crippen molar-refractivity contribution in [1.29, 1.82) is 0 Å². The molecule has 0 radical (unpaired) electrons. The minimum Gasteiger partial charge on any atom is -0.496 e. The van der Waals surface area contributed by atoms with Gasteiger partial charge in [-0.15, -0.1) is 0 Å². The third-order valence-corrected chi connectivity index (χ3v) is 3.20. The summed E-state index contributed by atoms with van der Waals surface area (Å²) in [6, 6.07) is 4.55. The standard InChI is InChI=1S/C13H18N2O4/c1-18-13-5-4-11(15(16)17)7-10(13)9-19-12-3-2-6-14-8-12/h4-5,7,12,14H,2-3,6,8-9H2,1H3. The number of ether oxygens (including phenoxy) is 2. The minimum absolute atomic E-state index is 0.0566. The largest absolute Gasteiger partial charge is 0.496 e. The van der Waals surface area contributed by atoms with Crippen LogP contribution < -0.4 is 10.1 Å². The molecule has 1 fully saturated rings. The monoisotopic (exact) mass is 266 g/mol. The fraction of sp³-hybridized carbons (Fsp3) is 0.538. The number of hydrogen-bond donors (Lipinski definition) is 1. The molecule has 1 atom stereocenters. The summed E-state index contributed by atoms with van der Waals surface area (Å²) in [5.74, 6) is 0.620. The topological polar surface area (TPSA) is 73.6 Å². The van der Waals surface area contributed by atoms with Crippen LogP contribution in [0.1, 0.15) is 18.4 Å². The predicted octanol–water partition coefficient (Wildman–Crippen LogP) is 1.87. The molecule has 1 unspecified atom stereocenters. The molecule has 2 rings (SSSR count). The highest BCUT2D eigenvalue weighted by molar-refractivity contribution is 5.43. The van der Waals surface area contributed by atoms with Crippen molar-refractivity contribution in [2.24, 2.45) is 0 Å². The SMILES string of the molecule is COc1ccc([N+](=O)[O-])cc1COC1CCCNC1. The second kappa shape index (κ2) is 6.49. The summed E-state index contributed by atoms with van der Waals surface area (Å²) in [6.45, 7) is 2.19. The van der Waals surface area contributed by atoms with E-state index in [1.54, 1.807) is 13.2 Å². The van der Waals surface area contributed by atoms with Crippen LogP contribution in [0.4, 0.5) is 5.69 Å². The normalized spacial score (nSPS) is 19.1. The maximum absolute atomic E-state index is 10.8. The predicted molar refractivity (Wildman–Crippen MR) is 70.3 cm³/mol. The van der Waals surface area contributed by atoms with Gasteiger partial charge in [-0.1, -0.05) is 0 Å². The summed E-state index contributed by atoms with van der Waals surface area (Å²) in [7, 11) is 1.55. The molecule has 1 aromatic carbocycles. The van der Waals surface area contributed by atoms with Crippen molar-refractivity contribution in [2.75, 3.05) is 20.2 Å². The summed E-state index contributed by atoms with van der Waals surface area (Å²) in [5.41, 5.74) is 0.767. The Balaban J connectivity index is 2.04. The lowest BCUT2D eigenvalue weighted by Crippen LogP contribution is -2.35. The summed E-state index contributed by atoms with van der Waals surface area (Å²) < 4.78 is 11.0. The maximum atomic E-state index is 10.8. The Kier molecular flexibility index (Phi) is 4.70. The van der Waals surface area contributed by atoms with Crippen LogP contribution in [0.15, 0.2) is 18.2 Å². The lowest BCUT2D eigenvalue weighted by Gasteiger charge is -2.23. The van der Waals surface area contributed by atoms with E-state index in [1.165, 1.54) is 12.1 Å². The van der Waals surface area contributed by atoms with Gasteiger partial charge in [-0.2, -0.15) is 0 Å². The van der Waals surface area contributed by atoms with Crippen LogP contribution in [-0.4, -0.2) is 31.2 Å². The zero-order valence-corrected chi connectivity index (χ0v) is 10.9. The zero-order valence-electron chi connectivity index (χ0n) is 10.9. The average Bonchev–Trinajstić information content (AvgIpc) is 2.45. The molecule has 0 spiro atoms. The highest BCUT2D eigenvalue weighted by atomic mass is 16.6. The number of piperidine rings is 1. The lowest BCUT2D eigenvalue weighted by atomic mass is 10.1. The molecule has 6 nitrogen and oxygen atoms in total. The van der Waals surface area contributed by atoms with Crippen molar-refractivity contribution in [3.8, 4) is 5.75 Å². The average molecular weight is 266 g/mol. The molecular formula is C13H18N2O4. The van der Waals surface area contributed by atoms with Crippen LogP contribution in [0.2, 0.25) is 0 Å². The van der Waals surface area contributed by atoms with E-state index >= 15 is 0 Å². The van der Waals surface area contributed by atoms with Gasteiger partial charge in [0.15, 0.2) is 0 Å². The molecular weight excluding hydrogens is 248 g/mol. The van der Waals surface area contributed by atoms with Gasteiger partial charge in [0.05, 0.1) is 24.7 Å². The van der Waals surface area contributed by atoms with Crippen molar-refractivity contribution in [3.05, 3.63) is 33.9 Å². The molecule has 0 amide bonds. The molecule has 0 aromatic heterocycles. The molecule has 0 saturated carbocycles. The van der Waals surface area contributed by atoms with Crippen LogP contribution in [0, 0.1) is 10.1 Å². The second-order valence-electron chi connectivity index (χ2n) is 4.53. The molecule has 1 heterocycles. The Bertz CT molecular complexity index is 444. The van der Waals surface area contributed by atoms with Crippen molar-refractivity contribution in [1.82, 2.24) is 5.32 Å². The molecule has 0 bridgehead atoms. The van der Waals surface area contributed by atoms with Gasteiger partial charge in [0.1, 0.15) is 5.75 Å². The number of nitro groups is 1. The first-order chi connectivity index (χ1) is 9.20. The Morgan fingerprint density at radius 1 is 1.53 bits per heavy atom. The molecule has 1 aromatic rings. The highest BCUT2D eigenvalue weighted by Gasteiger charge is 2.16. The van der Waals surface area contributed by atoms with E-state index < -0.39 is 4.92 Å². The van der Waals surface area contributed by atoms with Gasteiger partial charge < -0.3 is 14.8 Å². The second-order valence-corrected chi connectivity index (χ2v) is 4.53. The molecule has 6 heteroatoms. The van der Waals surface area contributed by atoms with E-state index in [4.69, 9.17) is 9.47 Å². The van der Waals surface area contributed by atoms with E-state index in [1.807, 2.05) is 0 Å². The van der Waals surface area contributed by atoms with Gasteiger partial charge in [0, 0.05) is 24.2 Å². The summed E-state index contributed by atoms with van der Waals surface area (Å²) in [4.78, 5) is 10.4. The Hall–Kier alpha value is -1.66. The maximum Gasteiger partial charge on any atom is 0.270 e. The fourth-order valence-electron chi connectivity index (χ4n) is 2.16. The highest BCUT2D eigenvalue weighted by Crippen LogP contribution is 2.25.